The molecule has 16 aromatic carbocycles. The van der Waals surface area contributed by atoms with Crippen LogP contribution in [0.25, 0.3) is 110 Å². The Morgan fingerprint density at radius 2 is 0.474 bits per heavy atom. The Morgan fingerprint density at radius 3 is 0.897 bits per heavy atom. The second-order valence-electron chi connectivity index (χ2n) is 32.7. The fourth-order valence-corrected chi connectivity index (χ4v) is 22.7. The minimum Gasteiger partial charge on any atom is -0.458 e. The lowest BCUT2D eigenvalue weighted by molar-refractivity contribution is 0.463. The lowest BCUT2D eigenvalue weighted by atomic mass is 9.33. The number of hydrogen-bond donors (Lipinski definition) is 0. The Kier molecular flexibility index (Phi) is 11.0. The summed E-state index contributed by atoms with van der Waals surface area (Å²) >= 11 is 0. The van der Waals surface area contributed by atoms with Gasteiger partial charge < -0.3 is 56.2 Å². The first-order valence-corrected chi connectivity index (χ1v) is 40.0. The van der Waals surface area contributed by atoms with Gasteiger partial charge in [-0.2, -0.15) is 0 Å². The largest absolute Gasteiger partial charge is 0.458 e. The highest BCUT2D eigenvalue weighted by molar-refractivity contribution is 7.03. The summed E-state index contributed by atoms with van der Waals surface area (Å²) in [7, 11) is 0. The number of fused-ring (bicyclic) bond motifs is 16. The highest BCUT2D eigenvalue weighted by atomic mass is 16.5. The van der Waals surface area contributed by atoms with Crippen molar-refractivity contribution in [3.63, 3.8) is 0 Å². The lowest BCUT2D eigenvalue weighted by Gasteiger charge is -2.38. The molecule has 0 unspecified atom stereocenters. The SMILES string of the molecule is Cc1ccc2c3c1-n1c4ccccc4c4ccc5c(c41)B3c1c(cccc1O5)O2.Cc1ccc2c3ccc4c5c3n(c2c1)-c1cccc2c1B5c1c(cccc1O4)O2.Cc1cccc2c3ccc4c5c3n(c12)-c1cccc2c1B5c1c(cccc1O4)O2.Cc1cccc2c3ccc4c5c3n(c12)-c1cccc2c1B5c1c(cccc1O4)O2. The maximum atomic E-state index is 6.40. The van der Waals surface area contributed by atoms with Crippen molar-refractivity contribution >= 4 is 180 Å². The Balaban J connectivity index is 0.0000000794. The van der Waals surface area contributed by atoms with Crippen molar-refractivity contribution in [2.45, 2.75) is 27.7 Å². The van der Waals surface area contributed by atoms with E-state index in [0.29, 0.717) is 0 Å². The molecule has 0 radical (unpaired) electrons. The molecule has 0 saturated heterocycles. The van der Waals surface area contributed by atoms with Crippen molar-refractivity contribution < 1.29 is 37.9 Å². The molecule has 0 aliphatic carbocycles. The van der Waals surface area contributed by atoms with Gasteiger partial charge in [0.15, 0.2) is 0 Å². The molecule has 12 aliphatic rings. The summed E-state index contributed by atoms with van der Waals surface area (Å²) in [6, 6.07) is 94.0. The van der Waals surface area contributed by atoms with Crippen LogP contribution in [0.15, 0.2) is 267 Å². The van der Waals surface area contributed by atoms with Gasteiger partial charge >= 0.3 is 0 Å². The molecule has 16 heterocycles. The van der Waals surface area contributed by atoms with Gasteiger partial charge in [-0.15, -0.1) is 0 Å². The number of aryl methyl sites for hydroxylation is 4. The molecule has 536 valence electrons. The third-order valence-electron chi connectivity index (χ3n) is 27.0. The molecule has 12 nitrogen and oxygen atoms in total. The normalized spacial score (nSPS) is 14.2. The van der Waals surface area contributed by atoms with Crippen molar-refractivity contribution in [3.8, 4) is 115 Å². The fourth-order valence-electron chi connectivity index (χ4n) is 22.7. The summed E-state index contributed by atoms with van der Waals surface area (Å²) in [5, 5.41) is 10.3. The first kappa shape index (κ1) is 61.0. The summed E-state index contributed by atoms with van der Waals surface area (Å²) in [6.07, 6.45) is 0. The van der Waals surface area contributed by atoms with Crippen molar-refractivity contribution in [3.05, 3.63) is 289 Å². The van der Waals surface area contributed by atoms with E-state index in [-0.39, 0.29) is 26.9 Å². The molecule has 0 spiro atoms. The van der Waals surface area contributed by atoms with Crippen LogP contribution in [0.4, 0.5) is 0 Å². The zero-order chi connectivity index (χ0) is 75.4. The number of rotatable bonds is 0. The quantitative estimate of drug-likeness (QED) is 0.139. The number of nitrogens with zero attached hydrogens (tertiary/aromatic N) is 4. The molecular formula is C100H56B4N4O8. The minimum absolute atomic E-state index is 0.143. The summed E-state index contributed by atoms with van der Waals surface area (Å²) in [5.74, 6) is 14.8. The van der Waals surface area contributed by atoms with Gasteiger partial charge in [-0.3, -0.25) is 0 Å². The molecule has 0 bridgehead atoms. The van der Waals surface area contributed by atoms with E-state index in [9.17, 15) is 0 Å². The van der Waals surface area contributed by atoms with Crippen LogP contribution in [0.1, 0.15) is 22.3 Å². The lowest BCUT2D eigenvalue weighted by Crippen LogP contribution is -2.60. The molecule has 32 rings (SSSR count). The van der Waals surface area contributed by atoms with Crippen LogP contribution in [0, 0.1) is 27.7 Å². The second kappa shape index (κ2) is 21.0. The highest BCUT2D eigenvalue weighted by Gasteiger charge is 2.52. The minimum atomic E-state index is 0.143. The summed E-state index contributed by atoms with van der Waals surface area (Å²) < 4.78 is 60.8. The third kappa shape index (κ3) is 7.24. The maximum Gasteiger partial charge on any atom is 0.266 e. The van der Waals surface area contributed by atoms with Crippen LogP contribution in [0.2, 0.25) is 0 Å². The van der Waals surface area contributed by atoms with Gasteiger partial charge in [0.2, 0.25) is 0 Å². The summed E-state index contributed by atoms with van der Waals surface area (Å²) in [6.45, 7) is 9.32. The predicted molar refractivity (Wildman–Crippen MR) is 467 cm³/mol. The molecule has 0 saturated carbocycles. The van der Waals surface area contributed by atoms with E-state index in [0.717, 1.165) is 114 Å². The molecule has 0 amide bonds. The monoisotopic (exact) mass is 1480 g/mol. The Hall–Kier alpha value is -14.6. The number of hydrogen-bond acceptors (Lipinski definition) is 8. The van der Waals surface area contributed by atoms with Crippen molar-refractivity contribution in [2.24, 2.45) is 0 Å². The van der Waals surface area contributed by atoms with Crippen molar-refractivity contribution in [1.82, 2.24) is 18.3 Å². The van der Waals surface area contributed by atoms with E-state index in [1.807, 2.05) is 24.3 Å². The van der Waals surface area contributed by atoms with Crippen LogP contribution >= 0.6 is 0 Å². The highest BCUT2D eigenvalue weighted by Crippen LogP contribution is 2.50. The average molecular weight is 1480 g/mol. The van der Waals surface area contributed by atoms with Crippen LogP contribution in [-0.2, 0) is 0 Å². The van der Waals surface area contributed by atoms with E-state index < -0.39 is 0 Å². The topological polar surface area (TPSA) is 93.6 Å². The van der Waals surface area contributed by atoms with Crippen LogP contribution in [0.5, 0.6) is 92.0 Å². The van der Waals surface area contributed by atoms with Crippen molar-refractivity contribution in [1.29, 1.82) is 0 Å². The first-order chi connectivity index (χ1) is 57.2. The van der Waals surface area contributed by atoms with E-state index in [1.165, 1.54) is 176 Å². The standard InChI is InChI=1S/4C25H14BNO2/c2*1-13-5-2-6-14-15-11-12-20-23-25(15)27(24(13)14)16-7-3-8-17-21(16)26(23)22-18(28-17)9-4-10-19(22)29-20;1-13-8-9-14-15-10-11-21-24-25(15)27(17(14)12-13)16-4-2-5-18-22(16)26(24)23-19(28-18)6-3-7-20(23)29-21;1-13-9-11-19-22-24(13)27-16-6-3-2-5-14(16)15-10-12-20-23(25(15)27)26(22)21-17(28-19)7-4-8-18(21)29-20/h4*2-12H,1H3. The molecular weight excluding hydrogens is 1430 g/mol. The average Bonchev–Trinajstić information content (AvgIpc) is 1.46. The van der Waals surface area contributed by atoms with Gasteiger partial charge in [-0.1, -0.05) is 115 Å². The zero-order valence-corrected chi connectivity index (χ0v) is 62.8. The van der Waals surface area contributed by atoms with Crippen molar-refractivity contribution in [2.75, 3.05) is 0 Å². The van der Waals surface area contributed by atoms with Crippen LogP contribution < -0.4 is 103 Å². The molecule has 116 heavy (non-hydrogen) atoms. The number of ether oxygens (including phenoxy) is 8. The zero-order valence-electron chi connectivity index (χ0n) is 62.8. The van der Waals surface area contributed by atoms with Crippen LogP contribution in [0.3, 0.4) is 0 Å². The van der Waals surface area contributed by atoms with Gasteiger partial charge in [-0.25, -0.2) is 0 Å². The molecule has 0 N–H and O–H groups in total. The Labute approximate surface area is 663 Å². The smallest absolute Gasteiger partial charge is 0.266 e. The van der Waals surface area contributed by atoms with E-state index >= 15 is 0 Å². The first-order valence-electron chi connectivity index (χ1n) is 40.0. The number of para-hydroxylation sites is 3. The van der Waals surface area contributed by atoms with E-state index in [1.54, 1.807) is 0 Å². The van der Waals surface area contributed by atoms with Gasteiger partial charge in [0.25, 0.3) is 26.9 Å². The second-order valence-corrected chi connectivity index (χ2v) is 32.7. The van der Waals surface area contributed by atoms with E-state index in [4.69, 9.17) is 37.9 Å². The van der Waals surface area contributed by atoms with Gasteiger partial charge in [0, 0.05) is 87.7 Å². The molecule has 0 atom stereocenters. The molecule has 20 aromatic rings. The fraction of sp³-hybridized carbons (Fsp3) is 0.0400. The molecule has 4 aromatic heterocycles. The third-order valence-corrected chi connectivity index (χ3v) is 27.0. The summed E-state index contributed by atoms with van der Waals surface area (Å²) in [5.41, 5.74) is 34.7. The number of benzene rings is 16. The van der Waals surface area contributed by atoms with Gasteiger partial charge in [0.05, 0.1) is 44.1 Å². The molecule has 16 heteroatoms. The molecule has 12 aliphatic heterocycles. The molecule has 0 fully saturated rings. The Bertz CT molecular complexity index is 7930. The Morgan fingerprint density at radius 1 is 0.190 bits per heavy atom. The maximum absolute atomic E-state index is 6.40. The van der Waals surface area contributed by atoms with Crippen LogP contribution in [-0.4, -0.2) is 45.1 Å². The van der Waals surface area contributed by atoms with Gasteiger partial charge in [0.1, 0.15) is 92.0 Å². The van der Waals surface area contributed by atoms with E-state index in [2.05, 4.69) is 289 Å². The van der Waals surface area contributed by atoms with Gasteiger partial charge in [-0.05, 0) is 245 Å². The predicted octanol–water partition coefficient (Wildman–Crippen LogP) is 16.5. The number of aromatic nitrogens is 4. The summed E-state index contributed by atoms with van der Waals surface area (Å²) in [4.78, 5) is 0.